The molecule has 20 heavy (non-hydrogen) atoms. The van der Waals surface area contributed by atoms with E-state index in [1.807, 2.05) is 18.2 Å². The Labute approximate surface area is 117 Å². The third kappa shape index (κ3) is 2.60. The van der Waals surface area contributed by atoms with Gasteiger partial charge in [-0.15, -0.1) is 0 Å². The van der Waals surface area contributed by atoms with Gasteiger partial charge in [-0.2, -0.15) is 4.98 Å². The van der Waals surface area contributed by atoms with Gasteiger partial charge in [0, 0.05) is 13.2 Å². The standard InChI is InChI=1S/C14H17N3O3/c1-2-7-18-9-12-16-14(20-17-12)10-4-3-5-11-13(10)19-8-6-15-11/h3-5,15H,2,6-9H2,1H3. The van der Waals surface area contributed by atoms with Crippen LogP contribution in [0.1, 0.15) is 19.2 Å². The van der Waals surface area contributed by atoms with E-state index < -0.39 is 0 Å². The second-order valence-electron chi connectivity index (χ2n) is 4.53. The van der Waals surface area contributed by atoms with Crippen molar-refractivity contribution in [3.8, 4) is 17.2 Å². The maximum atomic E-state index is 5.70. The molecule has 1 aromatic carbocycles. The van der Waals surface area contributed by atoms with Crippen LogP contribution >= 0.6 is 0 Å². The number of para-hydroxylation sites is 1. The number of rotatable bonds is 5. The van der Waals surface area contributed by atoms with Gasteiger partial charge in [0.2, 0.25) is 0 Å². The normalized spacial score (nSPS) is 13.4. The SMILES string of the molecule is CCCOCc1noc(-c2cccc3c2OCCN3)n1. The predicted octanol–water partition coefficient (Wildman–Crippen LogP) is 2.47. The van der Waals surface area contributed by atoms with Gasteiger partial charge in [-0.25, -0.2) is 0 Å². The molecule has 0 fully saturated rings. The van der Waals surface area contributed by atoms with Gasteiger partial charge >= 0.3 is 0 Å². The lowest BCUT2D eigenvalue weighted by molar-refractivity contribution is 0.114. The van der Waals surface area contributed by atoms with Gasteiger partial charge in [0.05, 0.1) is 11.3 Å². The Hall–Kier alpha value is -2.08. The molecule has 0 spiro atoms. The molecule has 0 atom stereocenters. The summed E-state index contributed by atoms with van der Waals surface area (Å²) in [6, 6.07) is 5.82. The molecule has 6 heteroatoms. The van der Waals surface area contributed by atoms with E-state index in [-0.39, 0.29) is 0 Å². The smallest absolute Gasteiger partial charge is 0.261 e. The summed E-state index contributed by atoms with van der Waals surface area (Å²) in [6.45, 7) is 4.55. The zero-order valence-corrected chi connectivity index (χ0v) is 11.4. The van der Waals surface area contributed by atoms with Crippen molar-refractivity contribution in [1.82, 2.24) is 10.1 Å². The number of nitrogens with one attached hydrogen (secondary N) is 1. The van der Waals surface area contributed by atoms with Crippen molar-refractivity contribution >= 4 is 5.69 Å². The fourth-order valence-electron chi connectivity index (χ4n) is 2.07. The number of hydrogen-bond acceptors (Lipinski definition) is 6. The molecule has 0 amide bonds. The lowest BCUT2D eigenvalue weighted by Crippen LogP contribution is -2.18. The number of benzene rings is 1. The fraction of sp³-hybridized carbons (Fsp3) is 0.429. The first kappa shape index (κ1) is 12.9. The molecule has 1 aromatic heterocycles. The topological polar surface area (TPSA) is 69.4 Å². The maximum absolute atomic E-state index is 5.70. The van der Waals surface area contributed by atoms with Gasteiger partial charge in [0.1, 0.15) is 13.2 Å². The summed E-state index contributed by atoms with van der Waals surface area (Å²) in [7, 11) is 0. The first-order valence-corrected chi connectivity index (χ1v) is 6.79. The minimum atomic E-state index is 0.367. The zero-order valence-electron chi connectivity index (χ0n) is 11.4. The van der Waals surface area contributed by atoms with Crippen LogP contribution in [0.3, 0.4) is 0 Å². The first-order chi connectivity index (χ1) is 9.88. The van der Waals surface area contributed by atoms with Crippen molar-refractivity contribution in [2.45, 2.75) is 20.0 Å². The highest BCUT2D eigenvalue weighted by Crippen LogP contribution is 2.37. The van der Waals surface area contributed by atoms with E-state index in [1.54, 1.807) is 0 Å². The van der Waals surface area contributed by atoms with Gasteiger partial charge in [-0.05, 0) is 18.6 Å². The Kier molecular flexibility index (Phi) is 3.83. The highest BCUT2D eigenvalue weighted by molar-refractivity contribution is 5.74. The Morgan fingerprint density at radius 1 is 1.40 bits per heavy atom. The van der Waals surface area contributed by atoms with E-state index in [4.69, 9.17) is 14.0 Å². The van der Waals surface area contributed by atoms with Crippen LogP contribution in [0.5, 0.6) is 5.75 Å². The quantitative estimate of drug-likeness (QED) is 0.845. The summed E-state index contributed by atoms with van der Waals surface area (Å²) in [4.78, 5) is 4.35. The molecule has 2 aromatic rings. The Morgan fingerprint density at radius 2 is 2.35 bits per heavy atom. The van der Waals surface area contributed by atoms with Crippen LogP contribution in [0.25, 0.3) is 11.5 Å². The summed E-state index contributed by atoms with van der Waals surface area (Å²) in [6.07, 6.45) is 0.969. The van der Waals surface area contributed by atoms with Gasteiger partial charge < -0.3 is 19.3 Å². The molecular weight excluding hydrogens is 258 g/mol. The second-order valence-corrected chi connectivity index (χ2v) is 4.53. The van der Waals surface area contributed by atoms with Gasteiger partial charge in [0.15, 0.2) is 11.6 Å². The van der Waals surface area contributed by atoms with Crippen LogP contribution in [0, 0.1) is 0 Å². The first-order valence-electron chi connectivity index (χ1n) is 6.79. The van der Waals surface area contributed by atoms with Crippen LogP contribution < -0.4 is 10.1 Å². The zero-order chi connectivity index (χ0) is 13.8. The molecule has 0 unspecified atom stereocenters. The van der Waals surface area contributed by atoms with Crippen molar-refractivity contribution in [1.29, 1.82) is 0 Å². The van der Waals surface area contributed by atoms with Gasteiger partial charge in [-0.3, -0.25) is 0 Å². The molecule has 1 N–H and O–H groups in total. The molecule has 6 nitrogen and oxygen atoms in total. The molecule has 0 saturated carbocycles. The summed E-state index contributed by atoms with van der Waals surface area (Å²) in [5.41, 5.74) is 1.76. The Morgan fingerprint density at radius 3 is 3.25 bits per heavy atom. The van der Waals surface area contributed by atoms with Crippen molar-refractivity contribution in [3.05, 3.63) is 24.0 Å². The number of fused-ring (bicyclic) bond motifs is 1. The lowest BCUT2D eigenvalue weighted by atomic mass is 10.1. The number of anilines is 1. The molecule has 1 aliphatic rings. The summed E-state index contributed by atoms with van der Waals surface area (Å²) in [5, 5.41) is 7.21. The van der Waals surface area contributed by atoms with Crippen LogP contribution in [-0.2, 0) is 11.3 Å². The fourth-order valence-corrected chi connectivity index (χ4v) is 2.07. The highest BCUT2D eigenvalue weighted by Gasteiger charge is 2.19. The molecule has 0 radical (unpaired) electrons. The number of hydrogen-bond donors (Lipinski definition) is 1. The largest absolute Gasteiger partial charge is 0.489 e. The summed E-state index contributed by atoms with van der Waals surface area (Å²) in [5.74, 6) is 1.78. The molecule has 3 rings (SSSR count). The molecule has 106 valence electrons. The van der Waals surface area contributed by atoms with Gasteiger partial charge in [-0.1, -0.05) is 18.1 Å². The minimum absolute atomic E-state index is 0.367. The average Bonchev–Trinajstić information content (AvgIpc) is 2.96. The van der Waals surface area contributed by atoms with E-state index in [0.29, 0.717) is 31.5 Å². The molecule has 0 aliphatic carbocycles. The van der Waals surface area contributed by atoms with Crippen molar-refractivity contribution < 1.29 is 14.0 Å². The monoisotopic (exact) mass is 275 g/mol. The van der Waals surface area contributed by atoms with Crippen molar-refractivity contribution in [2.24, 2.45) is 0 Å². The van der Waals surface area contributed by atoms with Crippen molar-refractivity contribution in [3.63, 3.8) is 0 Å². The second kappa shape index (κ2) is 5.92. The molecule has 1 aliphatic heterocycles. The van der Waals surface area contributed by atoms with E-state index in [0.717, 1.165) is 30.0 Å². The summed E-state index contributed by atoms with van der Waals surface area (Å²) < 4.78 is 16.4. The van der Waals surface area contributed by atoms with Gasteiger partial charge in [0.25, 0.3) is 5.89 Å². The maximum Gasteiger partial charge on any atom is 0.261 e. The van der Waals surface area contributed by atoms with E-state index in [9.17, 15) is 0 Å². The van der Waals surface area contributed by atoms with Crippen molar-refractivity contribution in [2.75, 3.05) is 25.1 Å². The Bertz CT molecular complexity index is 583. The minimum Gasteiger partial charge on any atom is -0.489 e. The number of nitrogens with zero attached hydrogens (tertiary/aromatic N) is 2. The Balaban J connectivity index is 1.82. The third-order valence-electron chi connectivity index (χ3n) is 2.96. The van der Waals surface area contributed by atoms with E-state index >= 15 is 0 Å². The molecule has 2 heterocycles. The van der Waals surface area contributed by atoms with E-state index in [2.05, 4.69) is 22.4 Å². The summed E-state index contributed by atoms with van der Waals surface area (Å²) >= 11 is 0. The third-order valence-corrected chi connectivity index (χ3v) is 2.96. The van der Waals surface area contributed by atoms with Crippen LogP contribution in [0.2, 0.25) is 0 Å². The number of aromatic nitrogens is 2. The number of ether oxygens (including phenoxy) is 2. The highest BCUT2D eigenvalue weighted by atomic mass is 16.5. The van der Waals surface area contributed by atoms with Crippen LogP contribution in [-0.4, -0.2) is 29.9 Å². The molecule has 0 bridgehead atoms. The predicted molar refractivity (Wildman–Crippen MR) is 73.7 cm³/mol. The lowest BCUT2D eigenvalue weighted by Gasteiger charge is -2.20. The van der Waals surface area contributed by atoms with Crippen LogP contribution in [0.15, 0.2) is 22.7 Å². The van der Waals surface area contributed by atoms with E-state index in [1.165, 1.54) is 0 Å². The average molecular weight is 275 g/mol. The molecular formula is C14H17N3O3. The molecule has 0 saturated heterocycles. The van der Waals surface area contributed by atoms with Crippen LogP contribution in [0.4, 0.5) is 5.69 Å².